The van der Waals surface area contributed by atoms with Gasteiger partial charge in [-0.05, 0) is 44.0 Å². The molecular weight excluding hydrogens is 296 g/mol. The van der Waals surface area contributed by atoms with Crippen LogP contribution in [0, 0.1) is 0 Å². The van der Waals surface area contributed by atoms with Crippen LogP contribution in [0.5, 0.6) is 5.75 Å². The van der Waals surface area contributed by atoms with E-state index in [2.05, 4.69) is 5.32 Å². The van der Waals surface area contributed by atoms with Gasteiger partial charge in [0.15, 0.2) is 6.61 Å². The zero-order chi connectivity index (χ0) is 15.7. The van der Waals surface area contributed by atoms with Crippen molar-refractivity contribution in [3.8, 4) is 5.75 Å². The molecule has 1 atom stereocenters. The molecule has 0 aliphatic heterocycles. The maximum atomic E-state index is 11.7. The lowest BCUT2D eigenvalue weighted by atomic mass is 10.1. The van der Waals surface area contributed by atoms with E-state index in [9.17, 15) is 9.59 Å². The second-order valence-corrected chi connectivity index (χ2v) is 4.93. The zero-order valence-electron chi connectivity index (χ0n) is 11.5. The molecule has 4 N–H and O–H groups in total. The first kappa shape index (κ1) is 17.3. The number of halogens is 1. The van der Waals surface area contributed by atoms with Crippen LogP contribution < -0.4 is 15.8 Å². The van der Waals surface area contributed by atoms with Gasteiger partial charge in [0.2, 0.25) is 0 Å². The van der Waals surface area contributed by atoms with Crippen molar-refractivity contribution in [3.05, 3.63) is 29.3 Å². The van der Waals surface area contributed by atoms with Crippen molar-refractivity contribution >= 4 is 23.5 Å². The van der Waals surface area contributed by atoms with Gasteiger partial charge in [-0.15, -0.1) is 0 Å². The molecule has 6 nitrogen and oxygen atoms in total. The number of carboxylic acids is 1. The predicted octanol–water partition coefficient (Wildman–Crippen LogP) is 1.42. The molecule has 0 bridgehead atoms. The Morgan fingerprint density at radius 1 is 1.38 bits per heavy atom. The molecule has 1 rings (SSSR count). The molecule has 1 aromatic carbocycles. The van der Waals surface area contributed by atoms with Crippen molar-refractivity contribution in [3.63, 3.8) is 0 Å². The summed E-state index contributed by atoms with van der Waals surface area (Å²) < 4.78 is 5.25. The summed E-state index contributed by atoms with van der Waals surface area (Å²) in [5.74, 6) is -1.11. The zero-order valence-corrected chi connectivity index (χ0v) is 12.3. The Morgan fingerprint density at radius 2 is 2.14 bits per heavy atom. The molecule has 0 saturated heterocycles. The molecule has 0 aromatic heterocycles. The second kappa shape index (κ2) is 9.20. The molecule has 7 heteroatoms. The quantitative estimate of drug-likeness (QED) is 0.598. The number of ether oxygens (including phenoxy) is 1. The number of hydrogen-bond donors (Lipinski definition) is 3. The Morgan fingerprint density at radius 3 is 2.76 bits per heavy atom. The van der Waals surface area contributed by atoms with Gasteiger partial charge in [-0.1, -0.05) is 17.7 Å². The SMILES string of the molecule is NCCCCC(NC(=O)COc1cccc(Cl)c1)C(=O)O. The number of unbranched alkanes of at least 4 members (excludes halogenated alkanes) is 1. The first-order valence-electron chi connectivity index (χ1n) is 6.63. The minimum atomic E-state index is -1.07. The van der Waals surface area contributed by atoms with Crippen molar-refractivity contribution in [1.82, 2.24) is 5.32 Å². The number of aliphatic carboxylic acids is 1. The average molecular weight is 315 g/mol. The summed E-state index contributed by atoms with van der Waals surface area (Å²) in [7, 11) is 0. The standard InChI is InChI=1S/C14H19ClN2O4/c15-10-4-3-5-11(8-10)21-9-13(18)17-12(14(19)20)6-1-2-7-16/h3-5,8,12H,1-2,6-7,9,16H2,(H,17,18)(H,19,20). The molecule has 0 radical (unpaired) electrons. The summed E-state index contributed by atoms with van der Waals surface area (Å²) in [5, 5.41) is 12.0. The second-order valence-electron chi connectivity index (χ2n) is 4.49. The Hall–Kier alpha value is -1.79. The molecule has 0 heterocycles. The lowest BCUT2D eigenvalue weighted by Gasteiger charge is -2.14. The van der Waals surface area contributed by atoms with Gasteiger partial charge < -0.3 is 20.9 Å². The van der Waals surface area contributed by atoms with E-state index < -0.39 is 17.9 Å². The van der Waals surface area contributed by atoms with Gasteiger partial charge in [0.1, 0.15) is 11.8 Å². The van der Waals surface area contributed by atoms with Gasteiger partial charge in [0, 0.05) is 5.02 Å². The number of nitrogens with one attached hydrogen (secondary N) is 1. The van der Waals surface area contributed by atoms with Crippen LogP contribution in [0.25, 0.3) is 0 Å². The average Bonchev–Trinajstić information content (AvgIpc) is 2.44. The highest BCUT2D eigenvalue weighted by molar-refractivity contribution is 6.30. The van der Waals surface area contributed by atoms with E-state index in [0.717, 1.165) is 6.42 Å². The molecule has 0 spiro atoms. The molecule has 0 saturated carbocycles. The lowest BCUT2D eigenvalue weighted by Crippen LogP contribution is -2.43. The fourth-order valence-electron chi connectivity index (χ4n) is 1.69. The van der Waals surface area contributed by atoms with Gasteiger partial charge in [0.05, 0.1) is 0 Å². The third kappa shape index (κ3) is 6.97. The molecular formula is C14H19ClN2O4. The predicted molar refractivity (Wildman–Crippen MR) is 79.4 cm³/mol. The van der Waals surface area contributed by atoms with Crippen molar-refractivity contribution in [1.29, 1.82) is 0 Å². The van der Waals surface area contributed by atoms with Crippen LogP contribution in [0.15, 0.2) is 24.3 Å². The number of nitrogens with two attached hydrogens (primary N) is 1. The normalized spacial score (nSPS) is 11.7. The van der Waals surface area contributed by atoms with Crippen LogP contribution >= 0.6 is 11.6 Å². The number of hydrogen-bond acceptors (Lipinski definition) is 4. The lowest BCUT2D eigenvalue weighted by molar-refractivity contribution is -0.142. The number of carboxylic acid groups (broad SMARTS) is 1. The summed E-state index contributed by atoms with van der Waals surface area (Å²) in [6, 6.07) is 5.70. The van der Waals surface area contributed by atoms with Gasteiger partial charge in [-0.2, -0.15) is 0 Å². The summed E-state index contributed by atoms with van der Waals surface area (Å²) in [6.07, 6.45) is 1.71. The Labute approximate surface area is 128 Å². The maximum absolute atomic E-state index is 11.7. The van der Waals surface area contributed by atoms with Gasteiger partial charge >= 0.3 is 5.97 Å². The highest BCUT2D eigenvalue weighted by Crippen LogP contribution is 2.16. The third-order valence-corrected chi connectivity index (χ3v) is 2.98. The van der Waals surface area contributed by atoms with Crippen molar-refractivity contribution in [2.45, 2.75) is 25.3 Å². The fraction of sp³-hybridized carbons (Fsp3) is 0.429. The highest BCUT2D eigenvalue weighted by atomic mass is 35.5. The molecule has 0 aliphatic rings. The van der Waals surface area contributed by atoms with E-state index in [1.54, 1.807) is 24.3 Å². The third-order valence-electron chi connectivity index (χ3n) is 2.75. The Kier molecular flexibility index (Phi) is 7.56. The van der Waals surface area contributed by atoms with Gasteiger partial charge in [-0.25, -0.2) is 4.79 Å². The number of rotatable bonds is 9. The smallest absolute Gasteiger partial charge is 0.326 e. The van der Waals surface area contributed by atoms with Gasteiger partial charge in [-0.3, -0.25) is 4.79 Å². The van der Waals surface area contributed by atoms with Crippen LogP contribution in [0.1, 0.15) is 19.3 Å². The van der Waals surface area contributed by atoms with Gasteiger partial charge in [0.25, 0.3) is 5.91 Å². The van der Waals surface area contributed by atoms with Crippen molar-refractivity contribution in [2.24, 2.45) is 5.73 Å². The molecule has 0 aliphatic carbocycles. The number of amides is 1. The van der Waals surface area contributed by atoms with Crippen molar-refractivity contribution < 1.29 is 19.4 Å². The molecule has 21 heavy (non-hydrogen) atoms. The van der Waals surface area contributed by atoms with Crippen LogP contribution in [0.4, 0.5) is 0 Å². The topological polar surface area (TPSA) is 102 Å². The van der Waals surface area contributed by atoms with E-state index in [-0.39, 0.29) is 6.61 Å². The summed E-state index contributed by atoms with van der Waals surface area (Å²) in [4.78, 5) is 22.7. The molecule has 116 valence electrons. The van der Waals surface area contributed by atoms with E-state index in [1.807, 2.05) is 0 Å². The maximum Gasteiger partial charge on any atom is 0.326 e. The number of carbonyl (C=O) groups excluding carboxylic acids is 1. The van der Waals surface area contributed by atoms with Crippen LogP contribution in [-0.4, -0.2) is 36.2 Å². The molecule has 1 unspecified atom stereocenters. The number of benzene rings is 1. The first-order chi connectivity index (χ1) is 10.0. The molecule has 1 amide bonds. The minimum Gasteiger partial charge on any atom is -0.484 e. The summed E-state index contributed by atoms with van der Waals surface area (Å²) in [5.41, 5.74) is 5.35. The summed E-state index contributed by atoms with van der Waals surface area (Å²) >= 11 is 5.79. The van der Waals surface area contributed by atoms with Crippen LogP contribution in [0.2, 0.25) is 5.02 Å². The molecule has 0 fully saturated rings. The monoisotopic (exact) mass is 314 g/mol. The highest BCUT2D eigenvalue weighted by Gasteiger charge is 2.19. The minimum absolute atomic E-state index is 0.263. The first-order valence-corrected chi connectivity index (χ1v) is 7.01. The van der Waals surface area contributed by atoms with E-state index in [4.69, 9.17) is 27.2 Å². The van der Waals surface area contributed by atoms with Crippen LogP contribution in [-0.2, 0) is 9.59 Å². The molecule has 1 aromatic rings. The summed E-state index contributed by atoms with van der Waals surface area (Å²) in [6.45, 7) is 0.235. The van der Waals surface area contributed by atoms with Crippen LogP contribution in [0.3, 0.4) is 0 Å². The van der Waals surface area contributed by atoms with E-state index in [0.29, 0.717) is 30.2 Å². The van der Waals surface area contributed by atoms with Crippen molar-refractivity contribution in [2.75, 3.05) is 13.2 Å². The number of carbonyl (C=O) groups is 2. The Balaban J connectivity index is 2.41. The van der Waals surface area contributed by atoms with E-state index >= 15 is 0 Å². The fourth-order valence-corrected chi connectivity index (χ4v) is 1.87. The van der Waals surface area contributed by atoms with E-state index in [1.165, 1.54) is 0 Å². The Bertz CT molecular complexity index is 482. The largest absolute Gasteiger partial charge is 0.484 e.